The van der Waals surface area contributed by atoms with Crippen molar-refractivity contribution in [3.63, 3.8) is 0 Å². The molecule has 1 heterocycles. The topological polar surface area (TPSA) is 39.2 Å². The van der Waals surface area contributed by atoms with Gasteiger partial charge in [-0.25, -0.2) is 4.79 Å². The van der Waals surface area contributed by atoms with Crippen LogP contribution in [0.4, 0.5) is 0 Å². The number of hydrogen-bond donors (Lipinski definition) is 0. The minimum absolute atomic E-state index is 0.0671. The number of aryl methyl sites for hydroxylation is 1. The molecule has 0 aliphatic carbocycles. The molecule has 20 heavy (non-hydrogen) atoms. The lowest BCUT2D eigenvalue weighted by Gasteiger charge is -2.22. The number of rotatable bonds is 2. The maximum atomic E-state index is 12.1. The number of hydrogen-bond acceptors (Lipinski definition) is 3. The van der Waals surface area contributed by atoms with E-state index in [1.54, 1.807) is 24.5 Å². The number of esters is 1. The molecule has 0 unspecified atom stereocenters. The third kappa shape index (κ3) is 3.23. The molecule has 2 rings (SSSR count). The van der Waals surface area contributed by atoms with Crippen molar-refractivity contribution in [3.8, 4) is 5.75 Å². The summed E-state index contributed by atoms with van der Waals surface area (Å²) >= 11 is 0. The van der Waals surface area contributed by atoms with Crippen LogP contribution in [0.15, 0.2) is 42.7 Å². The Balaban J connectivity index is 2.22. The molecular weight excluding hydrogens is 250 g/mol. The van der Waals surface area contributed by atoms with Gasteiger partial charge in [-0.1, -0.05) is 26.8 Å². The number of ether oxygens (including phenoxy) is 1. The summed E-state index contributed by atoms with van der Waals surface area (Å²) in [7, 11) is 0. The van der Waals surface area contributed by atoms with Crippen molar-refractivity contribution in [2.75, 3.05) is 0 Å². The minimum Gasteiger partial charge on any atom is -0.423 e. The van der Waals surface area contributed by atoms with E-state index in [4.69, 9.17) is 4.74 Å². The molecule has 0 aliphatic heterocycles. The van der Waals surface area contributed by atoms with Crippen molar-refractivity contribution in [2.45, 2.75) is 33.1 Å². The van der Waals surface area contributed by atoms with Crippen molar-refractivity contribution in [2.24, 2.45) is 0 Å². The highest BCUT2D eigenvalue weighted by Crippen LogP contribution is 2.26. The van der Waals surface area contributed by atoms with E-state index in [0.29, 0.717) is 11.3 Å². The second-order valence-corrected chi connectivity index (χ2v) is 5.85. The van der Waals surface area contributed by atoms with E-state index in [-0.39, 0.29) is 11.4 Å². The SMILES string of the molecule is Cc1cc(C(=O)Oc2ccncc2)ccc1C(C)(C)C. The summed E-state index contributed by atoms with van der Waals surface area (Å²) in [6.45, 7) is 8.49. The Morgan fingerprint density at radius 2 is 1.75 bits per heavy atom. The van der Waals surface area contributed by atoms with Crippen LogP contribution in [0.1, 0.15) is 42.3 Å². The molecular formula is C17H19NO2. The summed E-state index contributed by atoms with van der Waals surface area (Å²) in [6, 6.07) is 9.02. The number of carbonyl (C=O) groups is 1. The van der Waals surface area contributed by atoms with Crippen LogP contribution in [0.5, 0.6) is 5.75 Å². The third-order valence-corrected chi connectivity index (χ3v) is 3.13. The Hall–Kier alpha value is -2.16. The molecule has 104 valence electrons. The second-order valence-electron chi connectivity index (χ2n) is 5.85. The fraction of sp³-hybridized carbons (Fsp3) is 0.294. The number of nitrogens with zero attached hydrogens (tertiary/aromatic N) is 1. The molecule has 0 radical (unpaired) electrons. The van der Waals surface area contributed by atoms with Crippen molar-refractivity contribution in [1.82, 2.24) is 4.98 Å². The lowest BCUT2D eigenvalue weighted by Crippen LogP contribution is -2.15. The van der Waals surface area contributed by atoms with Crippen molar-refractivity contribution >= 4 is 5.97 Å². The third-order valence-electron chi connectivity index (χ3n) is 3.13. The summed E-state index contributed by atoms with van der Waals surface area (Å²) in [5.74, 6) is 0.155. The molecule has 0 amide bonds. The van der Waals surface area contributed by atoms with Gasteiger partial charge in [0.2, 0.25) is 0 Å². The number of aromatic nitrogens is 1. The lowest BCUT2D eigenvalue weighted by atomic mass is 9.83. The molecule has 1 aromatic carbocycles. The van der Waals surface area contributed by atoms with Gasteiger partial charge in [-0.2, -0.15) is 0 Å². The van der Waals surface area contributed by atoms with Gasteiger partial charge in [-0.15, -0.1) is 0 Å². The van der Waals surface area contributed by atoms with Gasteiger partial charge >= 0.3 is 5.97 Å². The molecule has 0 atom stereocenters. The summed E-state index contributed by atoms with van der Waals surface area (Å²) < 4.78 is 5.30. The van der Waals surface area contributed by atoms with Gasteiger partial charge in [-0.3, -0.25) is 4.98 Å². The van der Waals surface area contributed by atoms with E-state index in [1.807, 2.05) is 25.1 Å². The Bertz CT molecular complexity index is 613. The van der Waals surface area contributed by atoms with Crippen LogP contribution >= 0.6 is 0 Å². The van der Waals surface area contributed by atoms with Crippen LogP contribution in [-0.4, -0.2) is 11.0 Å². The van der Waals surface area contributed by atoms with E-state index in [0.717, 1.165) is 5.56 Å². The first-order chi connectivity index (χ1) is 9.38. The average molecular weight is 269 g/mol. The van der Waals surface area contributed by atoms with E-state index < -0.39 is 0 Å². The predicted octanol–water partition coefficient (Wildman–Crippen LogP) is 3.91. The number of benzene rings is 1. The van der Waals surface area contributed by atoms with Crippen LogP contribution in [0.25, 0.3) is 0 Å². The highest BCUT2D eigenvalue weighted by Gasteiger charge is 2.18. The predicted molar refractivity (Wildman–Crippen MR) is 79.1 cm³/mol. The van der Waals surface area contributed by atoms with Crippen LogP contribution in [-0.2, 0) is 5.41 Å². The molecule has 3 heteroatoms. The first kappa shape index (κ1) is 14.3. The zero-order chi connectivity index (χ0) is 14.8. The zero-order valence-electron chi connectivity index (χ0n) is 12.3. The van der Waals surface area contributed by atoms with Crippen molar-refractivity contribution < 1.29 is 9.53 Å². The summed E-state index contributed by atoms with van der Waals surface area (Å²) in [6.07, 6.45) is 3.19. The van der Waals surface area contributed by atoms with Gasteiger partial charge in [0.05, 0.1) is 5.56 Å². The molecule has 0 fully saturated rings. The van der Waals surface area contributed by atoms with E-state index >= 15 is 0 Å². The van der Waals surface area contributed by atoms with Crippen molar-refractivity contribution in [1.29, 1.82) is 0 Å². The number of pyridine rings is 1. The Labute approximate surface area is 119 Å². The maximum absolute atomic E-state index is 12.1. The monoisotopic (exact) mass is 269 g/mol. The molecule has 2 aromatic rings. The van der Waals surface area contributed by atoms with E-state index in [1.165, 1.54) is 5.56 Å². The molecule has 0 bridgehead atoms. The fourth-order valence-corrected chi connectivity index (χ4v) is 2.20. The highest BCUT2D eigenvalue weighted by atomic mass is 16.5. The maximum Gasteiger partial charge on any atom is 0.343 e. The van der Waals surface area contributed by atoms with Crippen LogP contribution < -0.4 is 4.74 Å². The van der Waals surface area contributed by atoms with Gasteiger partial charge in [0.1, 0.15) is 5.75 Å². The first-order valence-corrected chi connectivity index (χ1v) is 6.61. The fourth-order valence-electron chi connectivity index (χ4n) is 2.20. The normalized spacial score (nSPS) is 11.2. The van der Waals surface area contributed by atoms with Gasteiger partial charge in [0.15, 0.2) is 0 Å². The Kier molecular flexibility index (Phi) is 3.89. The molecule has 0 saturated carbocycles. The quantitative estimate of drug-likeness (QED) is 0.776. The van der Waals surface area contributed by atoms with Gasteiger partial charge in [-0.05, 0) is 47.7 Å². The van der Waals surface area contributed by atoms with Crippen LogP contribution in [0, 0.1) is 6.92 Å². The smallest absolute Gasteiger partial charge is 0.343 e. The van der Waals surface area contributed by atoms with Gasteiger partial charge < -0.3 is 4.74 Å². The Morgan fingerprint density at radius 1 is 1.10 bits per heavy atom. The molecule has 1 aromatic heterocycles. The van der Waals surface area contributed by atoms with E-state index in [9.17, 15) is 4.79 Å². The van der Waals surface area contributed by atoms with Gasteiger partial charge in [0, 0.05) is 12.4 Å². The number of carbonyl (C=O) groups excluding carboxylic acids is 1. The average Bonchev–Trinajstić information content (AvgIpc) is 2.38. The van der Waals surface area contributed by atoms with Gasteiger partial charge in [0.25, 0.3) is 0 Å². The largest absolute Gasteiger partial charge is 0.423 e. The summed E-state index contributed by atoms with van der Waals surface area (Å²) in [5.41, 5.74) is 2.96. The van der Waals surface area contributed by atoms with Crippen LogP contribution in [0.3, 0.4) is 0 Å². The molecule has 0 N–H and O–H groups in total. The molecule has 3 nitrogen and oxygen atoms in total. The van der Waals surface area contributed by atoms with Crippen molar-refractivity contribution in [3.05, 3.63) is 59.4 Å². The van der Waals surface area contributed by atoms with E-state index in [2.05, 4.69) is 25.8 Å². The molecule has 0 aliphatic rings. The lowest BCUT2D eigenvalue weighted by molar-refractivity contribution is 0.0734. The minimum atomic E-state index is -0.347. The van der Waals surface area contributed by atoms with Crippen LogP contribution in [0.2, 0.25) is 0 Å². The second kappa shape index (κ2) is 5.45. The summed E-state index contributed by atoms with van der Waals surface area (Å²) in [4.78, 5) is 16.0. The molecule has 0 saturated heterocycles. The highest BCUT2D eigenvalue weighted by molar-refractivity contribution is 5.91. The Morgan fingerprint density at radius 3 is 2.30 bits per heavy atom. The summed E-state index contributed by atoms with van der Waals surface area (Å²) in [5, 5.41) is 0. The standard InChI is InChI=1S/C17H19NO2/c1-12-11-13(5-6-15(12)17(2,3)4)16(19)20-14-7-9-18-10-8-14/h5-11H,1-4H3. The first-order valence-electron chi connectivity index (χ1n) is 6.61. The zero-order valence-corrected chi connectivity index (χ0v) is 12.3. The molecule has 0 spiro atoms.